The number of carbonyl (C=O) groups is 2. The van der Waals surface area contributed by atoms with E-state index in [1.165, 1.54) is 0 Å². The van der Waals surface area contributed by atoms with Crippen LogP contribution in [0, 0.1) is 13.8 Å². The zero-order valence-electron chi connectivity index (χ0n) is 17.4. The van der Waals surface area contributed by atoms with Crippen LogP contribution in [-0.2, 0) is 9.59 Å². The lowest BCUT2D eigenvalue weighted by atomic mass is 10.0. The summed E-state index contributed by atoms with van der Waals surface area (Å²) in [7, 11) is 0. The lowest BCUT2D eigenvalue weighted by Gasteiger charge is -2.22. The van der Waals surface area contributed by atoms with Gasteiger partial charge in [-0.1, -0.05) is 54.6 Å². The summed E-state index contributed by atoms with van der Waals surface area (Å²) < 4.78 is 0. The van der Waals surface area contributed by atoms with Gasteiger partial charge in [-0.3, -0.25) is 14.9 Å². The van der Waals surface area contributed by atoms with Gasteiger partial charge in [-0.2, -0.15) is 0 Å². The third kappa shape index (κ3) is 5.55. The average molecular weight is 422 g/mol. The van der Waals surface area contributed by atoms with Crippen molar-refractivity contribution in [1.82, 2.24) is 10.6 Å². The molecule has 0 radical (unpaired) electrons. The molecular weight excluding hydrogens is 394 g/mol. The molecule has 1 heterocycles. The molecule has 0 spiro atoms. The smallest absolute Gasteiger partial charge is 0.243 e. The maximum Gasteiger partial charge on any atom is 0.243 e. The van der Waals surface area contributed by atoms with E-state index in [2.05, 4.69) is 22.0 Å². The molecule has 5 nitrogen and oxygen atoms in total. The van der Waals surface area contributed by atoms with E-state index >= 15 is 0 Å². The van der Waals surface area contributed by atoms with Crippen molar-refractivity contribution in [3.05, 3.63) is 87.6 Å². The van der Waals surface area contributed by atoms with Gasteiger partial charge < -0.3 is 10.6 Å². The minimum Gasteiger partial charge on any atom is -0.346 e. The first-order chi connectivity index (χ1) is 14.5. The first-order valence-electron chi connectivity index (χ1n) is 9.94. The van der Waals surface area contributed by atoms with Gasteiger partial charge in [-0.05, 0) is 48.9 Å². The van der Waals surface area contributed by atoms with E-state index in [0.717, 1.165) is 27.3 Å². The van der Waals surface area contributed by atoms with Crippen LogP contribution >= 0.6 is 11.3 Å². The van der Waals surface area contributed by atoms with Gasteiger partial charge in [0.2, 0.25) is 11.8 Å². The Kier molecular flexibility index (Phi) is 7.38. The van der Waals surface area contributed by atoms with E-state index in [1.54, 1.807) is 11.3 Å². The molecule has 0 fully saturated rings. The summed E-state index contributed by atoms with van der Waals surface area (Å²) in [5, 5.41) is 11.0. The first-order valence-corrected chi connectivity index (χ1v) is 10.8. The van der Waals surface area contributed by atoms with E-state index in [0.29, 0.717) is 0 Å². The SMILES string of the molecule is Cc1cccc(C)c1NC(=O)CNC(=O)[C@@H](C)N[C@H](c1ccccc1)c1cccs1. The molecule has 1 aromatic heterocycles. The molecule has 0 aliphatic heterocycles. The molecule has 0 aliphatic carbocycles. The Labute approximate surface area is 181 Å². The number of para-hydroxylation sites is 1. The molecular formula is C24H27N3O2S. The third-order valence-corrected chi connectivity index (χ3v) is 5.88. The number of carbonyl (C=O) groups excluding carboxylic acids is 2. The van der Waals surface area contributed by atoms with Crippen molar-refractivity contribution in [2.24, 2.45) is 0 Å². The van der Waals surface area contributed by atoms with Crippen LogP contribution in [0.2, 0.25) is 0 Å². The Morgan fingerprint density at radius 1 is 0.933 bits per heavy atom. The summed E-state index contributed by atoms with van der Waals surface area (Å²) in [6.07, 6.45) is 0. The zero-order valence-corrected chi connectivity index (χ0v) is 18.3. The molecule has 3 N–H and O–H groups in total. The second-order valence-corrected chi connectivity index (χ2v) is 8.26. The molecule has 0 bridgehead atoms. The molecule has 2 atom stereocenters. The van der Waals surface area contributed by atoms with Crippen LogP contribution in [0.5, 0.6) is 0 Å². The van der Waals surface area contributed by atoms with Crippen LogP contribution in [0.15, 0.2) is 66.0 Å². The number of nitrogens with one attached hydrogen (secondary N) is 3. The molecule has 0 saturated heterocycles. The average Bonchev–Trinajstić information content (AvgIpc) is 3.28. The number of anilines is 1. The zero-order chi connectivity index (χ0) is 21.5. The third-order valence-electron chi connectivity index (χ3n) is 4.94. The Morgan fingerprint density at radius 2 is 1.63 bits per heavy atom. The van der Waals surface area contributed by atoms with Crippen molar-refractivity contribution in [3.63, 3.8) is 0 Å². The fraction of sp³-hybridized carbons (Fsp3) is 0.250. The van der Waals surface area contributed by atoms with Crippen LogP contribution in [0.4, 0.5) is 5.69 Å². The van der Waals surface area contributed by atoms with Crippen molar-refractivity contribution < 1.29 is 9.59 Å². The fourth-order valence-corrected chi connectivity index (χ4v) is 4.10. The fourth-order valence-electron chi connectivity index (χ4n) is 3.29. The van der Waals surface area contributed by atoms with Crippen LogP contribution in [0.1, 0.15) is 34.5 Å². The van der Waals surface area contributed by atoms with Gasteiger partial charge in [0.15, 0.2) is 0 Å². The predicted octanol–water partition coefficient (Wildman–Crippen LogP) is 4.19. The monoisotopic (exact) mass is 421 g/mol. The summed E-state index contributed by atoms with van der Waals surface area (Å²) in [6, 6.07) is 19.4. The van der Waals surface area contributed by atoms with Crippen LogP contribution < -0.4 is 16.0 Å². The first kappa shape index (κ1) is 21.7. The van der Waals surface area contributed by atoms with Crippen molar-refractivity contribution in [2.45, 2.75) is 32.9 Å². The molecule has 156 valence electrons. The highest BCUT2D eigenvalue weighted by Crippen LogP contribution is 2.26. The van der Waals surface area contributed by atoms with Crippen molar-refractivity contribution in [3.8, 4) is 0 Å². The Hall–Kier alpha value is -2.96. The van der Waals surface area contributed by atoms with Crippen molar-refractivity contribution in [2.75, 3.05) is 11.9 Å². The number of hydrogen-bond acceptors (Lipinski definition) is 4. The molecule has 2 amide bonds. The van der Waals surface area contributed by atoms with Crippen molar-refractivity contribution in [1.29, 1.82) is 0 Å². The minimum atomic E-state index is -0.467. The summed E-state index contributed by atoms with van der Waals surface area (Å²) in [5.41, 5.74) is 3.87. The second kappa shape index (κ2) is 10.2. The summed E-state index contributed by atoms with van der Waals surface area (Å²) in [6.45, 7) is 5.62. The van der Waals surface area contributed by atoms with Gasteiger partial charge in [-0.25, -0.2) is 0 Å². The van der Waals surface area contributed by atoms with Gasteiger partial charge in [0.25, 0.3) is 0 Å². The van der Waals surface area contributed by atoms with Gasteiger partial charge in [0.1, 0.15) is 0 Å². The lowest BCUT2D eigenvalue weighted by molar-refractivity contribution is -0.125. The number of amides is 2. The van der Waals surface area contributed by atoms with Crippen LogP contribution in [0.25, 0.3) is 0 Å². The molecule has 2 aromatic carbocycles. The highest BCUT2D eigenvalue weighted by molar-refractivity contribution is 7.10. The summed E-state index contributed by atoms with van der Waals surface area (Å²) in [4.78, 5) is 26.1. The normalized spacial score (nSPS) is 12.8. The second-order valence-electron chi connectivity index (χ2n) is 7.28. The number of hydrogen-bond donors (Lipinski definition) is 3. The molecule has 0 saturated carbocycles. The summed E-state index contributed by atoms with van der Waals surface area (Å²) >= 11 is 1.64. The predicted molar refractivity (Wildman–Crippen MR) is 123 cm³/mol. The minimum absolute atomic E-state index is 0.0758. The maximum atomic E-state index is 12.6. The lowest BCUT2D eigenvalue weighted by Crippen LogP contribution is -2.46. The van der Waals surface area contributed by atoms with Gasteiger partial charge in [-0.15, -0.1) is 11.3 Å². The number of benzene rings is 2. The quantitative estimate of drug-likeness (QED) is 0.511. The highest BCUT2D eigenvalue weighted by Gasteiger charge is 2.21. The number of aryl methyl sites for hydroxylation is 2. The Balaban J connectivity index is 1.59. The molecule has 6 heteroatoms. The largest absolute Gasteiger partial charge is 0.346 e. The Morgan fingerprint density at radius 3 is 2.27 bits per heavy atom. The number of thiophene rings is 1. The summed E-state index contributed by atoms with van der Waals surface area (Å²) in [5.74, 6) is -0.463. The Bertz CT molecular complexity index is 967. The maximum absolute atomic E-state index is 12.6. The van der Waals surface area contributed by atoms with Crippen LogP contribution in [0.3, 0.4) is 0 Å². The molecule has 30 heavy (non-hydrogen) atoms. The topological polar surface area (TPSA) is 70.2 Å². The van der Waals surface area contributed by atoms with E-state index in [4.69, 9.17) is 0 Å². The molecule has 0 unspecified atom stereocenters. The van der Waals surface area contributed by atoms with E-state index < -0.39 is 6.04 Å². The van der Waals surface area contributed by atoms with Gasteiger partial charge in [0.05, 0.1) is 18.6 Å². The van der Waals surface area contributed by atoms with E-state index in [-0.39, 0.29) is 24.4 Å². The van der Waals surface area contributed by atoms with E-state index in [1.807, 2.05) is 80.7 Å². The van der Waals surface area contributed by atoms with Gasteiger partial charge in [0, 0.05) is 10.6 Å². The van der Waals surface area contributed by atoms with Crippen molar-refractivity contribution >= 4 is 28.8 Å². The molecule has 0 aliphatic rings. The standard InChI is InChI=1S/C24H27N3O2S/c1-16-9-7-10-17(2)22(16)27-21(28)15-25-24(29)18(3)26-23(20-13-8-14-30-20)19-11-5-4-6-12-19/h4-14,18,23,26H,15H2,1-3H3,(H,25,29)(H,27,28)/t18-,23-/m1/s1. The highest BCUT2D eigenvalue weighted by atomic mass is 32.1. The van der Waals surface area contributed by atoms with E-state index in [9.17, 15) is 9.59 Å². The molecule has 3 rings (SSSR count). The molecule has 3 aromatic rings. The van der Waals surface area contributed by atoms with Gasteiger partial charge >= 0.3 is 0 Å². The number of rotatable bonds is 8. The van der Waals surface area contributed by atoms with Crippen LogP contribution in [-0.4, -0.2) is 24.4 Å².